The Bertz CT molecular complexity index is 208. The lowest BCUT2D eigenvalue weighted by Gasteiger charge is -2.40. The molecule has 82 valence electrons. The highest BCUT2D eigenvalue weighted by molar-refractivity contribution is 5.85. The fourth-order valence-electron chi connectivity index (χ4n) is 2.85. The molecule has 0 spiro atoms. The molecule has 0 radical (unpaired) electrons. The Balaban J connectivity index is 0.000000980. The Morgan fingerprint density at radius 3 is 2.71 bits per heavy atom. The van der Waals surface area contributed by atoms with Crippen LogP contribution in [-0.2, 0) is 4.79 Å². The second kappa shape index (κ2) is 4.99. The molecule has 14 heavy (non-hydrogen) atoms. The molecule has 2 N–H and O–H groups in total. The first-order chi connectivity index (χ1) is 6.29. The summed E-state index contributed by atoms with van der Waals surface area (Å²) in [7, 11) is 0. The second-order valence-corrected chi connectivity index (χ2v) is 4.24. The number of halogens is 1. The molecular formula is C10H18ClNO2. The lowest BCUT2D eigenvalue weighted by molar-refractivity contribution is -0.146. The first kappa shape index (κ1) is 11.8. The lowest BCUT2D eigenvalue weighted by atomic mass is 9.72. The van der Waals surface area contributed by atoms with Crippen LogP contribution in [0.2, 0.25) is 0 Å². The average Bonchev–Trinajstić information content (AvgIpc) is 2.17. The Kier molecular flexibility index (Phi) is 4.20. The van der Waals surface area contributed by atoms with E-state index in [-0.39, 0.29) is 18.3 Å². The van der Waals surface area contributed by atoms with Gasteiger partial charge in [0.05, 0.1) is 5.92 Å². The predicted octanol–water partition coefficient (Wildman–Crippen LogP) is 1.66. The van der Waals surface area contributed by atoms with Gasteiger partial charge < -0.3 is 10.4 Å². The van der Waals surface area contributed by atoms with E-state index >= 15 is 0 Å². The van der Waals surface area contributed by atoms with Crippen molar-refractivity contribution in [3.63, 3.8) is 0 Å². The normalized spacial score (nSPS) is 36.7. The van der Waals surface area contributed by atoms with Crippen LogP contribution in [0.25, 0.3) is 0 Å². The van der Waals surface area contributed by atoms with Gasteiger partial charge in [0.25, 0.3) is 0 Å². The molecule has 3 nitrogen and oxygen atoms in total. The summed E-state index contributed by atoms with van der Waals surface area (Å²) < 4.78 is 0. The van der Waals surface area contributed by atoms with Crippen molar-refractivity contribution in [2.45, 2.75) is 38.1 Å². The molecule has 0 amide bonds. The van der Waals surface area contributed by atoms with Gasteiger partial charge in [-0.2, -0.15) is 0 Å². The molecule has 1 saturated heterocycles. The molecule has 0 bridgehead atoms. The first-order valence-corrected chi connectivity index (χ1v) is 5.25. The molecule has 1 aliphatic carbocycles. The number of aliphatic carboxylic acids is 1. The maximum absolute atomic E-state index is 11.0. The monoisotopic (exact) mass is 219 g/mol. The Morgan fingerprint density at radius 2 is 2.00 bits per heavy atom. The third kappa shape index (κ3) is 2.20. The number of carbonyl (C=O) groups is 1. The van der Waals surface area contributed by atoms with Gasteiger partial charge in [-0.1, -0.05) is 6.42 Å². The molecule has 3 atom stereocenters. The summed E-state index contributed by atoms with van der Waals surface area (Å²) in [6, 6.07) is 0.489. The Labute approximate surface area is 90.7 Å². The van der Waals surface area contributed by atoms with Gasteiger partial charge in [0.2, 0.25) is 0 Å². The molecular weight excluding hydrogens is 202 g/mol. The molecule has 2 rings (SSSR count). The van der Waals surface area contributed by atoms with Crippen LogP contribution in [0, 0.1) is 11.8 Å². The maximum atomic E-state index is 11.0. The van der Waals surface area contributed by atoms with Crippen molar-refractivity contribution >= 4 is 18.4 Å². The van der Waals surface area contributed by atoms with Crippen LogP contribution in [0.3, 0.4) is 0 Å². The molecule has 0 aromatic heterocycles. The minimum absolute atomic E-state index is 0. The maximum Gasteiger partial charge on any atom is 0.306 e. The molecule has 0 aromatic rings. The van der Waals surface area contributed by atoms with Gasteiger partial charge in [0, 0.05) is 6.04 Å². The van der Waals surface area contributed by atoms with Gasteiger partial charge in [-0.3, -0.25) is 4.79 Å². The second-order valence-electron chi connectivity index (χ2n) is 4.24. The van der Waals surface area contributed by atoms with Crippen LogP contribution in [0.15, 0.2) is 0 Å². The van der Waals surface area contributed by atoms with E-state index in [9.17, 15) is 4.79 Å². The zero-order chi connectivity index (χ0) is 9.26. The summed E-state index contributed by atoms with van der Waals surface area (Å²) in [5, 5.41) is 12.5. The quantitative estimate of drug-likeness (QED) is 0.705. The highest BCUT2D eigenvalue weighted by Crippen LogP contribution is 2.35. The van der Waals surface area contributed by atoms with Crippen LogP contribution < -0.4 is 5.32 Å². The molecule has 1 saturated carbocycles. The molecule has 0 aromatic carbocycles. The summed E-state index contributed by atoms with van der Waals surface area (Å²) in [6.45, 7) is 1.08. The van der Waals surface area contributed by atoms with E-state index in [2.05, 4.69) is 5.32 Å². The summed E-state index contributed by atoms with van der Waals surface area (Å²) in [5.74, 6) is -0.259. The average molecular weight is 220 g/mol. The third-order valence-electron chi connectivity index (χ3n) is 3.50. The lowest BCUT2D eigenvalue weighted by Crippen LogP contribution is -2.48. The highest BCUT2D eigenvalue weighted by atomic mass is 35.5. The standard InChI is InChI=1S/C10H17NO2.ClH/c12-10(13)8-3-1-5-9-7(8)4-2-6-11-9;/h7-9,11H,1-6H2,(H,12,13);1H/t7-,8+,9+;/m0./s1. The molecule has 4 heteroatoms. The number of carboxylic acid groups (broad SMARTS) is 1. The Morgan fingerprint density at radius 1 is 1.21 bits per heavy atom. The molecule has 1 heterocycles. The van der Waals surface area contributed by atoms with Crippen molar-refractivity contribution in [2.24, 2.45) is 11.8 Å². The van der Waals surface area contributed by atoms with Crippen molar-refractivity contribution in [1.29, 1.82) is 0 Å². The molecule has 1 aliphatic heterocycles. The minimum Gasteiger partial charge on any atom is -0.481 e. The first-order valence-electron chi connectivity index (χ1n) is 5.25. The van der Waals surface area contributed by atoms with Gasteiger partial charge in [0.1, 0.15) is 0 Å². The zero-order valence-corrected chi connectivity index (χ0v) is 9.05. The number of fused-ring (bicyclic) bond motifs is 1. The number of carboxylic acids is 1. The minimum atomic E-state index is -0.585. The van der Waals surface area contributed by atoms with E-state index in [1.54, 1.807) is 0 Å². The number of nitrogens with one attached hydrogen (secondary N) is 1. The molecule has 2 aliphatic rings. The fourth-order valence-corrected chi connectivity index (χ4v) is 2.85. The summed E-state index contributed by atoms with van der Waals surface area (Å²) in [5.41, 5.74) is 0. The number of hydrogen-bond donors (Lipinski definition) is 2. The van der Waals surface area contributed by atoms with Crippen LogP contribution in [0.1, 0.15) is 32.1 Å². The van der Waals surface area contributed by atoms with Gasteiger partial charge in [0.15, 0.2) is 0 Å². The summed E-state index contributed by atoms with van der Waals surface area (Å²) in [4.78, 5) is 11.0. The van der Waals surface area contributed by atoms with E-state index in [0.29, 0.717) is 12.0 Å². The van der Waals surface area contributed by atoms with Gasteiger partial charge >= 0.3 is 5.97 Å². The summed E-state index contributed by atoms with van der Waals surface area (Å²) in [6.07, 6.45) is 5.39. The fraction of sp³-hybridized carbons (Fsp3) is 0.900. The Hall–Kier alpha value is -0.280. The van der Waals surface area contributed by atoms with Crippen LogP contribution in [-0.4, -0.2) is 23.7 Å². The van der Waals surface area contributed by atoms with E-state index in [4.69, 9.17) is 5.11 Å². The van der Waals surface area contributed by atoms with Crippen molar-refractivity contribution in [1.82, 2.24) is 5.32 Å². The van der Waals surface area contributed by atoms with Crippen LogP contribution >= 0.6 is 12.4 Å². The van der Waals surface area contributed by atoms with Gasteiger partial charge in [-0.25, -0.2) is 0 Å². The third-order valence-corrected chi connectivity index (χ3v) is 3.50. The van der Waals surface area contributed by atoms with Crippen molar-refractivity contribution in [3.8, 4) is 0 Å². The van der Waals surface area contributed by atoms with Crippen molar-refractivity contribution < 1.29 is 9.90 Å². The topological polar surface area (TPSA) is 49.3 Å². The number of piperidine rings is 1. The van der Waals surface area contributed by atoms with Crippen LogP contribution in [0.4, 0.5) is 0 Å². The van der Waals surface area contributed by atoms with E-state index < -0.39 is 5.97 Å². The largest absolute Gasteiger partial charge is 0.481 e. The molecule has 2 fully saturated rings. The van der Waals surface area contributed by atoms with E-state index in [1.807, 2.05) is 0 Å². The smallest absolute Gasteiger partial charge is 0.306 e. The predicted molar refractivity (Wildman–Crippen MR) is 56.7 cm³/mol. The van der Waals surface area contributed by atoms with Crippen LogP contribution in [0.5, 0.6) is 0 Å². The summed E-state index contributed by atoms with van der Waals surface area (Å²) >= 11 is 0. The van der Waals surface area contributed by atoms with Gasteiger partial charge in [-0.05, 0) is 38.1 Å². The van der Waals surface area contributed by atoms with E-state index in [0.717, 1.165) is 32.2 Å². The van der Waals surface area contributed by atoms with Gasteiger partial charge in [-0.15, -0.1) is 12.4 Å². The SMILES string of the molecule is Cl.O=C(O)[C@@H]1CCC[C@H]2NCCC[C@H]21. The molecule has 0 unspecified atom stereocenters. The van der Waals surface area contributed by atoms with Crippen molar-refractivity contribution in [3.05, 3.63) is 0 Å². The number of hydrogen-bond acceptors (Lipinski definition) is 2. The highest BCUT2D eigenvalue weighted by Gasteiger charge is 2.38. The number of rotatable bonds is 1. The van der Waals surface area contributed by atoms with Crippen molar-refractivity contribution in [2.75, 3.05) is 6.54 Å². The van der Waals surface area contributed by atoms with E-state index in [1.165, 1.54) is 6.42 Å². The zero-order valence-electron chi connectivity index (χ0n) is 8.24.